The topological polar surface area (TPSA) is 134 Å². The van der Waals surface area contributed by atoms with Gasteiger partial charge in [-0.1, -0.05) is 93.1 Å². The van der Waals surface area contributed by atoms with Crippen molar-refractivity contribution in [2.24, 2.45) is 0 Å². The Bertz CT molecular complexity index is 1860. The third kappa shape index (κ3) is 52.4. The van der Waals surface area contributed by atoms with Crippen LogP contribution in [0.1, 0.15) is 89.8 Å². The molecule has 0 aromatic heterocycles. The van der Waals surface area contributed by atoms with Crippen LogP contribution in [-0.2, 0) is 39.0 Å². The number of alkyl halides is 1. The fourth-order valence-electron chi connectivity index (χ4n) is 4.33. The average Bonchev–Trinajstić information content (AvgIpc) is 4.09. The molecule has 2 heterocycles. The van der Waals surface area contributed by atoms with Gasteiger partial charge in [0.1, 0.15) is 33.1 Å². The Labute approximate surface area is 473 Å². The quantitative estimate of drug-likeness (QED) is 0.0548. The van der Waals surface area contributed by atoms with E-state index in [1.807, 2.05) is 0 Å². The van der Waals surface area contributed by atoms with Crippen LogP contribution in [0.15, 0.2) is 121 Å². The molecule has 5 aromatic carbocycles. The molecule has 2 fully saturated rings. The molecule has 387 valence electrons. The zero-order valence-electron chi connectivity index (χ0n) is 39.3. The summed E-state index contributed by atoms with van der Waals surface area (Å²) in [5.41, 5.74) is 3.50. The molecule has 0 spiro atoms. The molecule has 5 aromatic rings. The van der Waals surface area contributed by atoms with Crippen molar-refractivity contribution >= 4 is 104 Å². The molecular formula is C49H68AlBBr4F5LiO8P. The number of rotatable bonds is 7. The summed E-state index contributed by atoms with van der Waals surface area (Å²) in [4.78, 5) is 20.3. The average molecular weight is 1280 g/mol. The summed E-state index contributed by atoms with van der Waals surface area (Å²) >= 11 is 12.8. The van der Waals surface area contributed by atoms with Gasteiger partial charge in [0.05, 0.1) is 18.6 Å². The Morgan fingerprint density at radius 1 is 0.600 bits per heavy atom. The van der Waals surface area contributed by atoms with Crippen LogP contribution in [0.25, 0.3) is 0 Å². The van der Waals surface area contributed by atoms with Crippen molar-refractivity contribution in [2.75, 3.05) is 33.0 Å². The number of hydrogen-bond donors (Lipinski definition) is 4. The molecule has 8 nitrogen and oxygen atoms in total. The van der Waals surface area contributed by atoms with Crippen molar-refractivity contribution in [3.63, 3.8) is 0 Å². The third-order valence-electron chi connectivity index (χ3n) is 7.49. The van der Waals surface area contributed by atoms with Gasteiger partial charge in [-0.15, -0.1) is 0 Å². The van der Waals surface area contributed by atoms with Crippen molar-refractivity contribution in [1.82, 2.24) is 0 Å². The number of carboxylic acid groups (broad SMARTS) is 2. The van der Waals surface area contributed by atoms with E-state index >= 15 is 0 Å². The van der Waals surface area contributed by atoms with E-state index in [9.17, 15) is 31.5 Å². The summed E-state index contributed by atoms with van der Waals surface area (Å²) < 4.78 is 77.0. The maximum atomic E-state index is 12.3. The molecule has 0 aliphatic carbocycles. The van der Waals surface area contributed by atoms with E-state index in [0.717, 1.165) is 60.6 Å². The second-order valence-corrected chi connectivity index (χ2v) is 28.4. The van der Waals surface area contributed by atoms with Crippen molar-refractivity contribution in [2.45, 2.75) is 79.1 Å². The predicted octanol–water partition coefficient (Wildman–Crippen LogP) is 11.2. The maximum absolute atomic E-state index is 12.3. The first-order valence-electron chi connectivity index (χ1n) is 20.4. The van der Waals surface area contributed by atoms with E-state index in [4.69, 9.17) is 31.3 Å². The van der Waals surface area contributed by atoms with Gasteiger partial charge in [0.15, 0.2) is 17.4 Å². The van der Waals surface area contributed by atoms with E-state index in [0.29, 0.717) is 18.9 Å². The monoisotopic (exact) mass is 1270 g/mol. The van der Waals surface area contributed by atoms with E-state index in [-0.39, 0.29) is 113 Å². The summed E-state index contributed by atoms with van der Waals surface area (Å²) in [6, 6.07) is 28.4. The zero-order valence-corrected chi connectivity index (χ0v) is 44.5. The van der Waals surface area contributed by atoms with Gasteiger partial charge in [0, 0.05) is 48.1 Å². The molecule has 0 saturated carbocycles. The van der Waals surface area contributed by atoms with Gasteiger partial charge in [0.25, 0.3) is 0 Å². The smallest absolute Gasteiger partial charge is 1.00 e. The molecule has 3 radical (unpaired) electrons. The molecule has 70 heavy (non-hydrogen) atoms. The largest absolute Gasteiger partial charge is 1.00 e. The Morgan fingerprint density at radius 3 is 1.10 bits per heavy atom. The fourth-order valence-corrected chi connectivity index (χ4v) is 4.71. The van der Waals surface area contributed by atoms with Gasteiger partial charge in [0.2, 0.25) is 0 Å². The van der Waals surface area contributed by atoms with Crippen LogP contribution in [0.4, 0.5) is 22.0 Å². The minimum absolute atomic E-state index is 0. The molecule has 0 unspecified atom stereocenters. The second kappa shape index (κ2) is 56.4. The number of aliphatic hydroxyl groups excluding tert-OH is 2. The number of benzene rings is 5. The van der Waals surface area contributed by atoms with E-state index in [1.54, 1.807) is 43.3 Å². The molecule has 7 rings (SSSR count). The summed E-state index contributed by atoms with van der Waals surface area (Å²) in [6.07, 6.45) is 5.65. The molecule has 21 heteroatoms. The van der Waals surface area contributed by atoms with E-state index in [2.05, 4.69) is 62.4 Å². The van der Waals surface area contributed by atoms with Crippen molar-refractivity contribution in [3.8, 4) is 0 Å². The van der Waals surface area contributed by atoms with E-state index < -0.39 is 17.8 Å². The number of carbonyl (C=O) groups is 2. The molecular weight excluding hydrogens is 1210 g/mol. The van der Waals surface area contributed by atoms with Gasteiger partial charge < -0.3 is 31.3 Å². The number of aromatic carboxylic acids is 1. The van der Waals surface area contributed by atoms with E-state index in [1.165, 1.54) is 98.5 Å². The van der Waals surface area contributed by atoms with Crippen LogP contribution in [0.2, 0.25) is 0 Å². The van der Waals surface area contributed by atoms with Gasteiger partial charge in [-0.2, -0.15) is 0 Å². The molecule has 0 bridgehead atoms. The normalized spacial score (nSPS) is 10.9. The molecule has 2 saturated heterocycles. The van der Waals surface area contributed by atoms with Crippen LogP contribution in [0.3, 0.4) is 0 Å². The minimum atomic E-state index is -1.04. The molecule has 2 aliphatic heterocycles. The number of carboxylic acids is 2. The summed E-state index contributed by atoms with van der Waals surface area (Å²) in [5, 5.41) is 34.5. The zero-order chi connectivity index (χ0) is 50.0. The Morgan fingerprint density at radius 2 is 0.871 bits per heavy atom. The first-order valence-corrected chi connectivity index (χ1v) is 28.2. The first-order chi connectivity index (χ1) is 31.5. The van der Waals surface area contributed by atoms with Crippen LogP contribution in [0.5, 0.6) is 0 Å². The van der Waals surface area contributed by atoms with Crippen molar-refractivity contribution in [3.05, 3.63) is 178 Å². The Hall–Kier alpha value is -1.93. The second-order valence-electron chi connectivity index (χ2n) is 12.5. The van der Waals surface area contributed by atoms with Crippen LogP contribution in [-0.4, -0.2) is 91.2 Å². The van der Waals surface area contributed by atoms with Gasteiger partial charge >= 0.3 is 30.8 Å². The van der Waals surface area contributed by atoms with Gasteiger partial charge in [-0.3, -0.25) is 4.79 Å². The molecule has 2 aliphatic rings. The minimum Gasteiger partial charge on any atom is -1.00 e. The number of halogens is 9. The number of aliphatic hydroxyl groups is 2. The third-order valence-corrected chi connectivity index (χ3v) is 8.14. The van der Waals surface area contributed by atoms with Crippen molar-refractivity contribution in [1.29, 1.82) is 0 Å². The molecule has 0 amide bonds. The first kappa shape index (κ1) is 79.5. The SMILES string of the molecule is BrP(Br)Br.C.C.C1CCOC1.C1CCOC1.Fc1ccc(CBr)cc1.O=C(O)Cc1ccc(F)cc1.O=C(O)c1ccc(F)cc1.OCCc1ccc(F)cc1.OCc1ccc(F)cc1.[2H]CC.[AlH3].[B].[H-].[Li+]. The summed E-state index contributed by atoms with van der Waals surface area (Å²) in [7, 11) is 0. The number of aliphatic carboxylic acids is 1. The van der Waals surface area contributed by atoms with Gasteiger partial charge in [-0.05, 0) is 174 Å². The summed E-state index contributed by atoms with van der Waals surface area (Å²) in [6.45, 7) is 6.38. The number of ether oxygens (including phenoxy) is 2. The van der Waals surface area contributed by atoms with Crippen LogP contribution >= 0.6 is 66.4 Å². The van der Waals surface area contributed by atoms with Crippen molar-refractivity contribution < 1.29 is 83.1 Å². The van der Waals surface area contributed by atoms with Gasteiger partial charge in [-0.25, -0.2) is 26.7 Å². The van der Waals surface area contributed by atoms with Crippen LogP contribution in [0, 0.1) is 29.1 Å². The Balaban J connectivity index is -0.000000108. The molecule has 0 atom stereocenters. The molecule has 4 N–H and O–H groups in total. The standard InChI is InChI=1S/C8H7FO2.C8H9FO.C7H6BrF.C7H5FO2.C7H7FO.2C4H8O.C2H6.2CH4.Al.B.Br3P.Li.4H/c9-7-3-1-6(2-4-7)5-8(10)11;9-8-3-1-7(2-4-8)5-6-10;8-5-6-1-3-7(9)4-2-6;8-6-3-1-5(2-4-6)7(9)10;8-7-3-1-6(5-9)2-4-7;2*1-2-4-5-3-1;1-2;;;;;1-4(2)3;;;;;/h1-4H,5H2,(H,10,11);1-4,10H,5-6H2;1-4H,5H2;1-4H,(H,9,10);1-4,9H,5H2;2*1-4H2;1-2H3;2*1H4;;;;;;;;/q;;;;;;;;;;;;;+1;;;;-1/i;;;;;;;1D;;;;;;;;;;. The fraction of sp³-hybridized carbons (Fsp3) is 0.347. The predicted molar refractivity (Wildman–Crippen MR) is 295 cm³/mol. The maximum Gasteiger partial charge on any atom is 1.00 e. The number of hydrogen-bond acceptors (Lipinski definition) is 6. The van der Waals surface area contributed by atoms with Crippen LogP contribution < -0.4 is 18.9 Å². The summed E-state index contributed by atoms with van der Waals surface area (Å²) in [5.74, 6) is -3.41. The Kier molecular flexibility index (Phi) is 64.0.